The Kier molecular flexibility index (Phi) is 6.17. The second kappa shape index (κ2) is 8.33. The van der Waals surface area contributed by atoms with Crippen molar-refractivity contribution in [2.24, 2.45) is 5.92 Å². The molecule has 0 aromatic heterocycles. The topological polar surface area (TPSA) is 87.2 Å². The van der Waals surface area contributed by atoms with Gasteiger partial charge in [-0.05, 0) is 25.0 Å². The number of para-hydroxylation sites is 1. The number of nitrogens with zero attached hydrogens (tertiary/aromatic N) is 2. The van der Waals surface area contributed by atoms with E-state index in [2.05, 4.69) is 0 Å². The molecule has 0 unspecified atom stereocenters. The number of ether oxygens (including phenoxy) is 1. The molecule has 1 aliphatic heterocycles. The summed E-state index contributed by atoms with van der Waals surface area (Å²) in [5.74, 6) is -1.05. The number of aliphatic carboxylic acids is 1. The van der Waals surface area contributed by atoms with Gasteiger partial charge >= 0.3 is 5.97 Å². The predicted octanol–water partition coefficient (Wildman–Crippen LogP) is 0.847. The Morgan fingerprint density at radius 3 is 2.42 bits per heavy atom. The zero-order valence-corrected chi connectivity index (χ0v) is 13.7. The van der Waals surface area contributed by atoms with Gasteiger partial charge in [0.15, 0.2) is 6.61 Å². The number of carboxylic acid groups (broad SMARTS) is 1. The first kappa shape index (κ1) is 17.8. The molecular formula is C17H22N2O5. The molecule has 1 heterocycles. The van der Waals surface area contributed by atoms with Crippen molar-refractivity contribution in [2.45, 2.75) is 12.8 Å². The molecule has 2 rings (SSSR count). The van der Waals surface area contributed by atoms with Crippen LogP contribution in [0.4, 0.5) is 0 Å². The molecule has 1 aromatic rings. The fourth-order valence-electron chi connectivity index (χ4n) is 2.54. The van der Waals surface area contributed by atoms with Gasteiger partial charge in [-0.25, -0.2) is 0 Å². The monoisotopic (exact) mass is 334 g/mol. The number of carboxylic acids is 1. The number of hydrogen-bond acceptors (Lipinski definition) is 4. The number of amides is 2. The standard InChI is InChI=1S/C17H22N2O5/c1-18(16(21)12-24-14-5-3-2-4-6-14)11-15(20)19-9-7-13(8-10-19)17(22)23/h2-6,13H,7-12H2,1H3,(H,22,23). The van der Waals surface area contributed by atoms with Gasteiger partial charge in [0.25, 0.3) is 5.91 Å². The third-order valence-corrected chi connectivity index (χ3v) is 4.10. The molecule has 130 valence electrons. The second-order valence-corrected chi connectivity index (χ2v) is 5.84. The van der Waals surface area contributed by atoms with Gasteiger partial charge < -0.3 is 19.6 Å². The summed E-state index contributed by atoms with van der Waals surface area (Å²) in [4.78, 5) is 38.1. The minimum Gasteiger partial charge on any atom is -0.484 e. The van der Waals surface area contributed by atoms with Crippen LogP contribution >= 0.6 is 0 Å². The summed E-state index contributed by atoms with van der Waals surface area (Å²) in [5.41, 5.74) is 0. The maximum atomic E-state index is 12.2. The van der Waals surface area contributed by atoms with E-state index in [0.717, 1.165) is 0 Å². The smallest absolute Gasteiger partial charge is 0.306 e. The van der Waals surface area contributed by atoms with Gasteiger partial charge in [-0.2, -0.15) is 0 Å². The van der Waals surface area contributed by atoms with Crippen molar-refractivity contribution in [3.63, 3.8) is 0 Å². The largest absolute Gasteiger partial charge is 0.484 e. The van der Waals surface area contributed by atoms with E-state index in [0.29, 0.717) is 31.7 Å². The summed E-state index contributed by atoms with van der Waals surface area (Å²) >= 11 is 0. The lowest BCUT2D eigenvalue weighted by Crippen LogP contribution is -2.46. The third kappa shape index (κ3) is 4.97. The maximum Gasteiger partial charge on any atom is 0.306 e. The number of hydrogen-bond donors (Lipinski definition) is 1. The van der Waals surface area contributed by atoms with Gasteiger partial charge in [-0.3, -0.25) is 14.4 Å². The van der Waals surface area contributed by atoms with Crippen molar-refractivity contribution >= 4 is 17.8 Å². The molecule has 0 radical (unpaired) electrons. The lowest BCUT2D eigenvalue weighted by Gasteiger charge is -2.31. The number of carbonyl (C=O) groups excluding carboxylic acids is 2. The van der Waals surface area contributed by atoms with E-state index < -0.39 is 5.97 Å². The van der Waals surface area contributed by atoms with Crippen LogP contribution in [0.3, 0.4) is 0 Å². The van der Waals surface area contributed by atoms with E-state index in [9.17, 15) is 14.4 Å². The zero-order chi connectivity index (χ0) is 17.5. The van der Waals surface area contributed by atoms with Crippen molar-refractivity contribution in [2.75, 3.05) is 33.3 Å². The van der Waals surface area contributed by atoms with Crippen LogP contribution in [0, 0.1) is 5.92 Å². The molecule has 1 aromatic carbocycles. The van der Waals surface area contributed by atoms with E-state index in [4.69, 9.17) is 9.84 Å². The average Bonchev–Trinajstić information content (AvgIpc) is 2.60. The van der Waals surface area contributed by atoms with E-state index in [1.54, 1.807) is 24.1 Å². The summed E-state index contributed by atoms with van der Waals surface area (Å²) < 4.78 is 5.38. The minimum absolute atomic E-state index is 0.0330. The van der Waals surface area contributed by atoms with Gasteiger partial charge in [0.05, 0.1) is 12.5 Å². The Hall–Kier alpha value is -2.57. The van der Waals surface area contributed by atoms with Gasteiger partial charge in [0.2, 0.25) is 5.91 Å². The van der Waals surface area contributed by atoms with E-state index >= 15 is 0 Å². The molecule has 24 heavy (non-hydrogen) atoms. The van der Waals surface area contributed by atoms with Gasteiger partial charge in [-0.1, -0.05) is 18.2 Å². The van der Waals surface area contributed by atoms with E-state index in [1.807, 2.05) is 18.2 Å². The molecule has 1 saturated heterocycles. The number of carbonyl (C=O) groups is 3. The van der Waals surface area contributed by atoms with Crippen LogP contribution in [-0.4, -0.2) is 66.0 Å². The molecule has 0 atom stereocenters. The molecule has 0 bridgehead atoms. The fraction of sp³-hybridized carbons (Fsp3) is 0.471. The van der Waals surface area contributed by atoms with Gasteiger partial charge in [0, 0.05) is 20.1 Å². The maximum absolute atomic E-state index is 12.2. The number of piperidine rings is 1. The SMILES string of the molecule is CN(CC(=O)N1CCC(C(=O)O)CC1)C(=O)COc1ccccc1. The van der Waals surface area contributed by atoms with Crippen LogP contribution < -0.4 is 4.74 Å². The van der Waals surface area contributed by atoms with Crippen molar-refractivity contribution in [3.05, 3.63) is 30.3 Å². The lowest BCUT2D eigenvalue weighted by molar-refractivity contribution is -0.146. The third-order valence-electron chi connectivity index (χ3n) is 4.10. The molecule has 7 nitrogen and oxygen atoms in total. The van der Waals surface area contributed by atoms with E-state index in [-0.39, 0.29) is 30.9 Å². The molecule has 1 fully saturated rings. The predicted molar refractivity (Wildman–Crippen MR) is 86.5 cm³/mol. The first-order valence-corrected chi connectivity index (χ1v) is 7.89. The Bertz CT molecular complexity index is 582. The summed E-state index contributed by atoms with van der Waals surface area (Å²) in [7, 11) is 1.55. The highest BCUT2D eigenvalue weighted by Gasteiger charge is 2.27. The molecule has 2 amide bonds. The van der Waals surface area contributed by atoms with E-state index in [1.165, 1.54) is 4.90 Å². The Balaban J connectivity index is 1.75. The molecule has 1 aliphatic rings. The second-order valence-electron chi connectivity index (χ2n) is 5.84. The van der Waals surface area contributed by atoms with Crippen molar-refractivity contribution in [3.8, 4) is 5.75 Å². The Morgan fingerprint density at radius 2 is 1.83 bits per heavy atom. The average molecular weight is 334 g/mol. The Morgan fingerprint density at radius 1 is 1.21 bits per heavy atom. The van der Waals surface area contributed by atoms with Crippen LogP contribution in [0.2, 0.25) is 0 Å². The van der Waals surface area contributed by atoms with Gasteiger partial charge in [-0.15, -0.1) is 0 Å². The van der Waals surface area contributed by atoms with Crippen LogP contribution in [0.5, 0.6) is 5.75 Å². The van der Waals surface area contributed by atoms with Crippen LogP contribution in [0.1, 0.15) is 12.8 Å². The molecule has 7 heteroatoms. The summed E-state index contributed by atoms with van der Waals surface area (Å²) in [6.07, 6.45) is 0.908. The summed E-state index contributed by atoms with van der Waals surface area (Å²) in [6.45, 7) is 0.667. The first-order chi connectivity index (χ1) is 11.5. The van der Waals surface area contributed by atoms with Crippen molar-refractivity contribution in [1.29, 1.82) is 0 Å². The highest BCUT2D eigenvalue weighted by atomic mass is 16.5. The molecular weight excluding hydrogens is 312 g/mol. The van der Waals surface area contributed by atoms with Crippen LogP contribution in [0.25, 0.3) is 0 Å². The van der Waals surface area contributed by atoms with Crippen molar-refractivity contribution < 1.29 is 24.2 Å². The fourth-order valence-corrected chi connectivity index (χ4v) is 2.54. The normalized spacial score (nSPS) is 15.0. The van der Waals surface area contributed by atoms with Crippen LogP contribution in [-0.2, 0) is 14.4 Å². The van der Waals surface area contributed by atoms with Crippen LogP contribution in [0.15, 0.2) is 30.3 Å². The Labute approximate surface area is 140 Å². The molecule has 0 aliphatic carbocycles. The molecule has 1 N–H and O–H groups in total. The highest BCUT2D eigenvalue weighted by Crippen LogP contribution is 2.17. The van der Waals surface area contributed by atoms with Gasteiger partial charge in [0.1, 0.15) is 5.75 Å². The zero-order valence-electron chi connectivity index (χ0n) is 13.7. The first-order valence-electron chi connectivity index (χ1n) is 7.89. The number of likely N-dealkylation sites (tertiary alicyclic amines) is 1. The highest BCUT2D eigenvalue weighted by molar-refractivity contribution is 5.85. The number of rotatable bonds is 6. The summed E-state index contributed by atoms with van der Waals surface area (Å²) in [6, 6.07) is 8.99. The lowest BCUT2D eigenvalue weighted by atomic mass is 9.97. The number of benzene rings is 1. The minimum atomic E-state index is -0.813. The quantitative estimate of drug-likeness (QED) is 0.833. The molecule has 0 spiro atoms. The summed E-state index contributed by atoms with van der Waals surface area (Å²) in [5, 5.41) is 8.96. The molecule has 0 saturated carbocycles. The van der Waals surface area contributed by atoms with Crippen molar-refractivity contribution in [1.82, 2.24) is 9.80 Å². The number of likely N-dealkylation sites (N-methyl/N-ethyl adjacent to an activating group) is 1.